The molecule has 1 aromatic carbocycles. The van der Waals surface area contributed by atoms with Gasteiger partial charge in [-0.05, 0) is 40.5 Å². The summed E-state index contributed by atoms with van der Waals surface area (Å²) in [5.41, 5.74) is 2.22. The van der Waals surface area contributed by atoms with E-state index in [1.165, 1.54) is 5.56 Å². The smallest absolute Gasteiger partial charge is 0.126 e. The van der Waals surface area contributed by atoms with Gasteiger partial charge in [0.25, 0.3) is 0 Å². The van der Waals surface area contributed by atoms with E-state index in [1.54, 1.807) is 0 Å². The van der Waals surface area contributed by atoms with Gasteiger partial charge >= 0.3 is 0 Å². The number of fused-ring (bicyclic) bond motifs is 1. The summed E-state index contributed by atoms with van der Waals surface area (Å²) in [5.74, 6) is 0.892. The van der Waals surface area contributed by atoms with E-state index < -0.39 is 0 Å². The van der Waals surface area contributed by atoms with Crippen molar-refractivity contribution in [3.63, 3.8) is 0 Å². The Balaban J connectivity index is 2.78. The van der Waals surface area contributed by atoms with Crippen LogP contribution in [0, 0.1) is 6.92 Å². The average Bonchev–Trinajstić information content (AvgIpc) is 2.23. The summed E-state index contributed by atoms with van der Waals surface area (Å²) < 4.78 is 1.08. The number of anilines is 1. The molecular weight excluding hydrogens is 240 g/mol. The molecule has 0 aliphatic heterocycles. The highest BCUT2D eigenvalue weighted by atomic mass is 79.9. The van der Waals surface area contributed by atoms with E-state index in [-0.39, 0.29) is 0 Å². The molecule has 0 saturated carbocycles. The molecule has 0 spiro atoms. The fourth-order valence-electron chi connectivity index (χ4n) is 1.39. The molecule has 0 bridgehead atoms. The van der Waals surface area contributed by atoms with Gasteiger partial charge in [0.05, 0.1) is 5.52 Å². The van der Waals surface area contributed by atoms with Gasteiger partial charge in [0.1, 0.15) is 5.82 Å². The number of rotatable bonds is 1. The van der Waals surface area contributed by atoms with Crippen molar-refractivity contribution in [1.82, 2.24) is 4.98 Å². The third-order valence-corrected chi connectivity index (χ3v) is 3.25. The van der Waals surface area contributed by atoms with Gasteiger partial charge in [-0.2, -0.15) is 0 Å². The van der Waals surface area contributed by atoms with E-state index >= 15 is 0 Å². The van der Waals surface area contributed by atoms with Crippen molar-refractivity contribution < 1.29 is 0 Å². The molecule has 0 atom stereocenters. The molecule has 0 saturated heterocycles. The molecule has 3 heteroatoms. The molecule has 2 aromatic rings. The highest BCUT2D eigenvalue weighted by Gasteiger charge is 2.03. The number of benzene rings is 1. The number of aromatic nitrogens is 1. The van der Waals surface area contributed by atoms with Crippen molar-refractivity contribution in [2.45, 2.75) is 6.92 Å². The van der Waals surface area contributed by atoms with Crippen molar-refractivity contribution in [3.05, 3.63) is 34.3 Å². The minimum absolute atomic E-state index is 0.892. The van der Waals surface area contributed by atoms with Crippen LogP contribution in [0.15, 0.2) is 28.7 Å². The Hall–Kier alpha value is -1.09. The molecule has 0 unspecified atom stereocenters. The lowest BCUT2D eigenvalue weighted by molar-refractivity contribution is 1.32. The second-order valence-corrected chi connectivity index (χ2v) is 4.01. The predicted molar refractivity (Wildman–Crippen MR) is 63.7 cm³/mol. The van der Waals surface area contributed by atoms with Gasteiger partial charge in [-0.25, -0.2) is 4.98 Å². The quantitative estimate of drug-likeness (QED) is 0.840. The first-order chi connectivity index (χ1) is 6.72. The van der Waals surface area contributed by atoms with Gasteiger partial charge in [-0.3, -0.25) is 0 Å². The van der Waals surface area contributed by atoms with Crippen molar-refractivity contribution >= 4 is 32.7 Å². The molecule has 0 aliphatic carbocycles. The Kier molecular flexibility index (Phi) is 2.42. The third-order valence-electron chi connectivity index (χ3n) is 2.25. The lowest BCUT2D eigenvalue weighted by Gasteiger charge is -2.05. The highest BCUT2D eigenvalue weighted by Crippen LogP contribution is 2.26. The molecule has 0 aliphatic rings. The molecule has 2 rings (SSSR count). The summed E-state index contributed by atoms with van der Waals surface area (Å²) in [6.07, 6.45) is 0. The first-order valence-electron chi connectivity index (χ1n) is 4.46. The van der Waals surface area contributed by atoms with Crippen LogP contribution in [0.2, 0.25) is 0 Å². The van der Waals surface area contributed by atoms with E-state index in [2.05, 4.69) is 51.4 Å². The van der Waals surface area contributed by atoms with Gasteiger partial charge in [-0.1, -0.05) is 12.1 Å². The number of pyridine rings is 1. The van der Waals surface area contributed by atoms with Crippen LogP contribution in [0.4, 0.5) is 5.82 Å². The Morgan fingerprint density at radius 1 is 1.21 bits per heavy atom. The molecule has 1 N–H and O–H groups in total. The predicted octanol–water partition coefficient (Wildman–Crippen LogP) is 3.35. The summed E-state index contributed by atoms with van der Waals surface area (Å²) in [4.78, 5) is 4.50. The fraction of sp³-hybridized carbons (Fsp3) is 0.182. The minimum atomic E-state index is 0.892. The van der Waals surface area contributed by atoms with Crippen molar-refractivity contribution in [3.8, 4) is 0 Å². The maximum Gasteiger partial charge on any atom is 0.126 e. The van der Waals surface area contributed by atoms with Gasteiger partial charge in [0, 0.05) is 16.9 Å². The number of nitrogens with one attached hydrogen (secondary N) is 1. The summed E-state index contributed by atoms with van der Waals surface area (Å²) in [7, 11) is 1.87. The zero-order chi connectivity index (χ0) is 10.1. The van der Waals surface area contributed by atoms with Gasteiger partial charge in [0.2, 0.25) is 0 Å². The average molecular weight is 251 g/mol. The summed E-state index contributed by atoms with van der Waals surface area (Å²) in [5, 5.41) is 4.19. The second kappa shape index (κ2) is 3.58. The van der Waals surface area contributed by atoms with Gasteiger partial charge in [-0.15, -0.1) is 0 Å². The Labute approximate surface area is 91.5 Å². The second-order valence-electron chi connectivity index (χ2n) is 3.21. The monoisotopic (exact) mass is 250 g/mol. The molecule has 1 aromatic heterocycles. The standard InChI is InChI=1S/C11H11BrN2/c1-7-3-4-8-5-6-9(13-2)14-11(8)10(7)12/h3-6H,1-2H3,(H,13,14). The fourth-order valence-corrected chi connectivity index (χ4v) is 1.84. The molecule has 0 fully saturated rings. The van der Waals surface area contributed by atoms with E-state index in [9.17, 15) is 0 Å². The lowest BCUT2D eigenvalue weighted by atomic mass is 10.1. The van der Waals surface area contributed by atoms with Crippen molar-refractivity contribution in [2.24, 2.45) is 0 Å². The molecule has 0 radical (unpaired) electrons. The van der Waals surface area contributed by atoms with Crippen LogP contribution < -0.4 is 5.32 Å². The number of nitrogens with zero attached hydrogens (tertiary/aromatic N) is 1. The molecule has 0 amide bonds. The molecule has 72 valence electrons. The molecule has 2 nitrogen and oxygen atoms in total. The van der Waals surface area contributed by atoms with Crippen LogP contribution in [0.25, 0.3) is 10.9 Å². The lowest BCUT2D eigenvalue weighted by Crippen LogP contribution is -1.92. The Morgan fingerprint density at radius 3 is 2.64 bits per heavy atom. The van der Waals surface area contributed by atoms with E-state index in [0.29, 0.717) is 0 Å². The summed E-state index contributed by atoms with van der Waals surface area (Å²) in [6.45, 7) is 2.07. The highest BCUT2D eigenvalue weighted by molar-refractivity contribution is 9.10. The maximum atomic E-state index is 4.50. The van der Waals surface area contributed by atoms with Crippen LogP contribution >= 0.6 is 15.9 Å². The zero-order valence-corrected chi connectivity index (χ0v) is 9.72. The minimum Gasteiger partial charge on any atom is -0.373 e. The number of hydrogen-bond donors (Lipinski definition) is 1. The van der Waals surface area contributed by atoms with Gasteiger partial charge < -0.3 is 5.32 Å². The molecule has 14 heavy (non-hydrogen) atoms. The normalized spacial score (nSPS) is 10.5. The van der Waals surface area contributed by atoms with Crippen molar-refractivity contribution in [1.29, 1.82) is 0 Å². The summed E-state index contributed by atoms with van der Waals surface area (Å²) >= 11 is 3.55. The molecule has 1 heterocycles. The van der Waals surface area contributed by atoms with Gasteiger partial charge in [0.15, 0.2) is 0 Å². The number of hydrogen-bond acceptors (Lipinski definition) is 2. The van der Waals surface area contributed by atoms with Crippen LogP contribution in [0.5, 0.6) is 0 Å². The van der Waals surface area contributed by atoms with Crippen LogP contribution in [-0.2, 0) is 0 Å². The summed E-state index contributed by atoms with van der Waals surface area (Å²) in [6, 6.07) is 8.22. The largest absolute Gasteiger partial charge is 0.373 e. The first kappa shape index (κ1) is 9.46. The van der Waals surface area contributed by atoms with Crippen LogP contribution in [0.1, 0.15) is 5.56 Å². The Bertz CT molecular complexity index is 480. The SMILES string of the molecule is CNc1ccc2ccc(C)c(Br)c2n1. The first-order valence-corrected chi connectivity index (χ1v) is 5.25. The van der Waals surface area contributed by atoms with E-state index in [0.717, 1.165) is 21.2 Å². The number of aryl methyl sites for hydroxylation is 1. The van der Waals surface area contributed by atoms with Crippen LogP contribution in [-0.4, -0.2) is 12.0 Å². The molecular formula is C11H11BrN2. The Morgan fingerprint density at radius 2 is 1.93 bits per heavy atom. The zero-order valence-electron chi connectivity index (χ0n) is 8.13. The van der Waals surface area contributed by atoms with Crippen molar-refractivity contribution in [2.75, 3.05) is 12.4 Å². The maximum absolute atomic E-state index is 4.50. The topological polar surface area (TPSA) is 24.9 Å². The van der Waals surface area contributed by atoms with E-state index in [4.69, 9.17) is 0 Å². The van der Waals surface area contributed by atoms with E-state index in [1.807, 2.05) is 13.1 Å². The number of halogens is 1. The van der Waals surface area contributed by atoms with Crippen LogP contribution in [0.3, 0.4) is 0 Å². The third kappa shape index (κ3) is 1.48.